The van der Waals surface area contributed by atoms with Crippen molar-refractivity contribution in [2.24, 2.45) is 0 Å². The molecule has 2 aromatic rings. The first-order chi connectivity index (χ1) is 13.1. The van der Waals surface area contributed by atoms with E-state index < -0.39 is 0 Å². The molecule has 2 aromatic carbocycles. The summed E-state index contributed by atoms with van der Waals surface area (Å²) in [5, 5.41) is 4.38. The lowest BCUT2D eigenvalue weighted by Gasteiger charge is -2.18. The van der Waals surface area contributed by atoms with Crippen molar-refractivity contribution in [3.63, 3.8) is 0 Å². The number of rotatable bonds is 7. The number of ether oxygens (including phenoxy) is 3. The van der Waals surface area contributed by atoms with E-state index in [2.05, 4.69) is 5.32 Å². The molecule has 1 aliphatic rings. The Morgan fingerprint density at radius 1 is 1.22 bits per heavy atom. The van der Waals surface area contributed by atoms with Gasteiger partial charge in [0.05, 0.1) is 18.8 Å². The summed E-state index contributed by atoms with van der Waals surface area (Å²) in [6, 6.07) is 11.0. The highest BCUT2D eigenvalue weighted by molar-refractivity contribution is 7.80. The van der Waals surface area contributed by atoms with E-state index >= 15 is 0 Å². The minimum Gasteiger partial charge on any atom is -0.493 e. The lowest BCUT2D eigenvalue weighted by Crippen LogP contribution is -2.31. The number of hydrogen-bond donors (Lipinski definition) is 1. The maximum atomic E-state index is 6.25. The fourth-order valence-corrected chi connectivity index (χ4v) is 3.68. The smallest absolute Gasteiger partial charge is 0.171 e. The van der Waals surface area contributed by atoms with Crippen molar-refractivity contribution >= 4 is 40.4 Å². The van der Waals surface area contributed by atoms with Gasteiger partial charge in [0.2, 0.25) is 0 Å². The molecule has 1 aliphatic heterocycles. The number of methoxy groups -OCH3 is 1. The quantitative estimate of drug-likeness (QED) is 0.630. The third kappa shape index (κ3) is 5.05. The van der Waals surface area contributed by atoms with Gasteiger partial charge in [-0.05, 0) is 37.1 Å². The van der Waals surface area contributed by atoms with Crippen LogP contribution in [-0.2, 0) is 11.3 Å². The van der Waals surface area contributed by atoms with Gasteiger partial charge in [-0.2, -0.15) is 0 Å². The van der Waals surface area contributed by atoms with Crippen molar-refractivity contribution in [3.8, 4) is 11.5 Å². The predicted molar refractivity (Wildman–Crippen MR) is 112 cm³/mol. The van der Waals surface area contributed by atoms with Gasteiger partial charge < -0.3 is 19.5 Å². The van der Waals surface area contributed by atoms with Crippen LogP contribution in [0.5, 0.6) is 11.5 Å². The van der Waals surface area contributed by atoms with Crippen LogP contribution in [-0.4, -0.2) is 31.4 Å². The van der Waals surface area contributed by atoms with Gasteiger partial charge in [-0.15, -0.1) is 0 Å². The monoisotopic (exact) mass is 425 g/mol. The van der Waals surface area contributed by atoms with E-state index in [0.29, 0.717) is 33.1 Å². The highest BCUT2D eigenvalue weighted by Crippen LogP contribution is 2.34. The molecule has 0 spiro atoms. The van der Waals surface area contributed by atoms with Gasteiger partial charge in [0.25, 0.3) is 0 Å². The summed E-state index contributed by atoms with van der Waals surface area (Å²) < 4.78 is 17.1. The average Bonchev–Trinajstić information content (AvgIpc) is 3.19. The zero-order valence-corrected chi connectivity index (χ0v) is 17.3. The summed E-state index contributed by atoms with van der Waals surface area (Å²) in [4.78, 5) is 0.588. The molecule has 1 fully saturated rings. The largest absolute Gasteiger partial charge is 0.493 e. The topological polar surface area (TPSA) is 39.7 Å². The zero-order chi connectivity index (χ0) is 19.2. The molecule has 0 amide bonds. The molecule has 0 aliphatic carbocycles. The van der Waals surface area contributed by atoms with Crippen LogP contribution in [0.4, 0.5) is 0 Å². The Kier molecular flexibility index (Phi) is 7.19. The molecule has 0 aromatic heterocycles. The van der Waals surface area contributed by atoms with Crippen LogP contribution in [0, 0.1) is 0 Å². The lowest BCUT2D eigenvalue weighted by atomic mass is 10.1. The molecule has 4 nitrogen and oxygen atoms in total. The SMILES string of the molecule is COc1cccc(C(=S)NC[C@H]2CCCO2)c1OCc1c(Cl)cccc1Cl. The van der Waals surface area contributed by atoms with E-state index in [1.807, 2.05) is 18.2 Å². The highest BCUT2D eigenvalue weighted by atomic mass is 35.5. The molecular weight excluding hydrogens is 405 g/mol. The summed E-state index contributed by atoms with van der Waals surface area (Å²) >= 11 is 18.1. The Hall–Kier alpha value is -1.53. The Bertz CT molecular complexity index is 790. The summed E-state index contributed by atoms with van der Waals surface area (Å²) in [5.41, 5.74) is 1.47. The van der Waals surface area contributed by atoms with Crippen molar-refractivity contribution in [1.82, 2.24) is 5.32 Å². The number of para-hydroxylation sites is 1. The maximum absolute atomic E-state index is 6.25. The van der Waals surface area contributed by atoms with Gasteiger partial charge >= 0.3 is 0 Å². The molecule has 0 saturated carbocycles. The fourth-order valence-electron chi connectivity index (χ4n) is 2.93. The van der Waals surface area contributed by atoms with Gasteiger partial charge in [0, 0.05) is 28.8 Å². The lowest BCUT2D eigenvalue weighted by molar-refractivity contribution is 0.114. The molecule has 0 radical (unpaired) electrons. The third-order valence-electron chi connectivity index (χ3n) is 4.38. The van der Waals surface area contributed by atoms with Gasteiger partial charge in [-0.25, -0.2) is 0 Å². The Morgan fingerprint density at radius 3 is 2.63 bits per heavy atom. The Morgan fingerprint density at radius 2 is 1.96 bits per heavy atom. The van der Waals surface area contributed by atoms with E-state index in [1.165, 1.54) is 0 Å². The number of hydrogen-bond acceptors (Lipinski definition) is 4. The maximum Gasteiger partial charge on any atom is 0.171 e. The number of halogens is 2. The van der Waals surface area contributed by atoms with Crippen LogP contribution in [0.3, 0.4) is 0 Å². The van der Waals surface area contributed by atoms with Crippen molar-refractivity contribution in [3.05, 3.63) is 57.6 Å². The number of thiocarbonyl (C=S) groups is 1. The molecule has 3 rings (SSSR count). The summed E-state index contributed by atoms with van der Waals surface area (Å²) in [6.45, 7) is 1.69. The van der Waals surface area contributed by atoms with E-state index in [4.69, 9.17) is 49.6 Å². The standard InChI is InChI=1S/C20H21Cl2NO3S/c1-24-18-9-2-6-14(20(27)23-11-13-5-4-10-25-13)19(18)26-12-15-16(21)7-3-8-17(15)22/h2-3,6-9,13H,4-5,10-12H2,1H3,(H,23,27)/t13-/m1/s1. The molecule has 144 valence electrons. The molecular formula is C20H21Cl2NO3S. The molecule has 1 saturated heterocycles. The van der Waals surface area contributed by atoms with E-state index in [9.17, 15) is 0 Å². The summed E-state index contributed by atoms with van der Waals surface area (Å²) in [7, 11) is 1.59. The predicted octanol–water partition coefficient (Wildman–Crippen LogP) is 5.03. The Labute approximate surface area is 174 Å². The summed E-state index contributed by atoms with van der Waals surface area (Å²) in [6.07, 6.45) is 2.33. The zero-order valence-electron chi connectivity index (χ0n) is 15.0. The minimum atomic E-state index is 0.194. The van der Waals surface area contributed by atoms with Crippen LogP contribution < -0.4 is 14.8 Å². The molecule has 1 N–H and O–H groups in total. The van der Waals surface area contributed by atoms with Crippen LogP contribution in [0.15, 0.2) is 36.4 Å². The van der Waals surface area contributed by atoms with Gasteiger partial charge in [-0.1, -0.05) is 47.6 Å². The van der Waals surface area contributed by atoms with Gasteiger partial charge in [0.15, 0.2) is 11.5 Å². The first-order valence-electron chi connectivity index (χ1n) is 8.72. The molecule has 7 heteroatoms. The number of benzene rings is 2. The minimum absolute atomic E-state index is 0.194. The van der Waals surface area contributed by atoms with Crippen molar-refractivity contribution < 1.29 is 14.2 Å². The first kappa shape index (κ1) is 20.2. The first-order valence-corrected chi connectivity index (χ1v) is 9.89. The second kappa shape index (κ2) is 9.60. The molecule has 27 heavy (non-hydrogen) atoms. The average molecular weight is 426 g/mol. The Balaban J connectivity index is 1.77. The molecule has 1 heterocycles. The molecule has 0 unspecified atom stereocenters. The second-order valence-corrected chi connectivity index (χ2v) is 7.39. The van der Waals surface area contributed by atoms with E-state index in [0.717, 1.165) is 30.6 Å². The van der Waals surface area contributed by atoms with E-state index in [-0.39, 0.29) is 12.7 Å². The summed E-state index contributed by atoms with van der Waals surface area (Å²) in [5.74, 6) is 1.15. The fraction of sp³-hybridized carbons (Fsp3) is 0.350. The van der Waals surface area contributed by atoms with Crippen molar-refractivity contribution in [2.45, 2.75) is 25.6 Å². The van der Waals surface area contributed by atoms with Crippen LogP contribution >= 0.6 is 35.4 Å². The number of nitrogens with one attached hydrogen (secondary N) is 1. The van der Waals surface area contributed by atoms with Crippen molar-refractivity contribution in [2.75, 3.05) is 20.3 Å². The third-order valence-corrected chi connectivity index (χ3v) is 5.45. The van der Waals surface area contributed by atoms with Gasteiger partial charge in [0.1, 0.15) is 11.6 Å². The molecule has 0 bridgehead atoms. The highest BCUT2D eigenvalue weighted by Gasteiger charge is 2.19. The second-order valence-electron chi connectivity index (χ2n) is 6.17. The van der Waals surface area contributed by atoms with E-state index in [1.54, 1.807) is 25.3 Å². The van der Waals surface area contributed by atoms with Crippen LogP contribution in [0.1, 0.15) is 24.0 Å². The normalized spacial score (nSPS) is 16.2. The van der Waals surface area contributed by atoms with Crippen LogP contribution in [0.2, 0.25) is 10.0 Å². The van der Waals surface area contributed by atoms with Crippen LogP contribution in [0.25, 0.3) is 0 Å². The van der Waals surface area contributed by atoms with Crippen molar-refractivity contribution in [1.29, 1.82) is 0 Å². The molecule has 1 atom stereocenters. The van der Waals surface area contributed by atoms with Gasteiger partial charge in [-0.3, -0.25) is 0 Å².